The summed E-state index contributed by atoms with van der Waals surface area (Å²) >= 11 is 0. The van der Waals surface area contributed by atoms with Gasteiger partial charge >= 0.3 is 5.97 Å². The van der Waals surface area contributed by atoms with Gasteiger partial charge in [0.2, 0.25) is 0 Å². The normalized spacial score (nSPS) is 13.7. The molecule has 0 aliphatic heterocycles. The van der Waals surface area contributed by atoms with Crippen LogP contribution < -0.4 is 5.09 Å². The molecule has 0 amide bonds. The topological polar surface area (TPSA) is 49.3 Å². The maximum absolute atomic E-state index is 10.3. The molecule has 2 N–H and O–H groups in total. The lowest BCUT2D eigenvalue weighted by Crippen LogP contribution is -2.29. The summed E-state index contributed by atoms with van der Waals surface area (Å²) in [5, 5.41) is 11.0. The summed E-state index contributed by atoms with van der Waals surface area (Å²) in [5.41, 5.74) is 0. The summed E-state index contributed by atoms with van der Waals surface area (Å²) in [6.07, 6.45) is 1.99. The van der Waals surface area contributed by atoms with Crippen LogP contribution in [0.5, 0.6) is 0 Å². The molecule has 5 heteroatoms. The maximum atomic E-state index is 10.3. The number of nitrogens with one attached hydrogen (secondary N) is 1. The fraction of sp³-hybridized carbons (Fsp3) is 0.400. The van der Waals surface area contributed by atoms with E-state index in [4.69, 9.17) is 13.0 Å². The smallest absolute Gasteiger partial charge is 0.321 e. The summed E-state index contributed by atoms with van der Waals surface area (Å²) in [5.74, 6) is 0.450. The van der Waals surface area contributed by atoms with Gasteiger partial charge in [-0.2, -0.15) is 0 Å². The Balaban J connectivity index is 3.71. The molecule has 0 aliphatic rings. The molecule has 0 aromatic carbocycles. The van der Waals surface area contributed by atoms with E-state index in [0.717, 1.165) is 0 Å². The van der Waals surface area contributed by atoms with Gasteiger partial charge in [-0.15, -0.1) is 5.98 Å². The first kappa shape index (κ1) is 9.66. The SMILES string of the molecule is [B]/C=C/CC(NP)C(=O)O. The molecule has 2 unspecified atom stereocenters. The third-order valence-electron chi connectivity index (χ3n) is 1.01. The van der Waals surface area contributed by atoms with Crippen molar-refractivity contribution < 1.29 is 9.90 Å². The van der Waals surface area contributed by atoms with Crippen molar-refractivity contribution in [2.45, 2.75) is 12.5 Å². The van der Waals surface area contributed by atoms with Gasteiger partial charge in [0.25, 0.3) is 0 Å². The van der Waals surface area contributed by atoms with Gasteiger partial charge in [-0.3, -0.25) is 9.88 Å². The van der Waals surface area contributed by atoms with Crippen molar-refractivity contribution in [1.29, 1.82) is 0 Å². The minimum absolute atomic E-state index is 0.398. The Bertz CT molecular complexity index is 140. The Morgan fingerprint density at radius 2 is 2.50 bits per heavy atom. The van der Waals surface area contributed by atoms with Gasteiger partial charge < -0.3 is 5.11 Å². The third kappa shape index (κ3) is 3.65. The number of carboxylic acid groups (broad SMARTS) is 1. The van der Waals surface area contributed by atoms with E-state index in [-0.39, 0.29) is 0 Å². The molecule has 10 heavy (non-hydrogen) atoms. The standard InChI is InChI=1S/C5H9BNO2P/c6-3-1-2-4(7-10)5(8)9/h1,3-4,7H,2,10H2,(H,8,9)/b3-1+. The van der Waals surface area contributed by atoms with Gasteiger partial charge in [0, 0.05) is 0 Å². The van der Waals surface area contributed by atoms with E-state index >= 15 is 0 Å². The molecule has 3 nitrogen and oxygen atoms in total. The summed E-state index contributed by atoms with van der Waals surface area (Å²) in [7, 11) is 7.18. The average Bonchev–Trinajstić information content (AvgIpc) is 1.89. The van der Waals surface area contributed by atoms with Crippen molar-refractivity contribution in [3.63, 3.8) is 0 Å². The largest absolute Gasteiger partial charge is 0.480 e. The van der Waals surface area contributed by atoms with E-state index in [1.807, 2.05) is 0 Å². The summed E-state index contributed by atoms with van der Waals surface area (Å²) < 4.78 is 0. The summed E-state index contributed by atoms with van der Waals surface area (Å²) in [6, 6.07) is -0.565. The van der Waals surface area contributed by atoms with Crippen LogP contribution in [0, 0.1) is 0 Å². The van der Waals surface area contributed by atoms with Crippen molar-refractivity contribution in [3.8, 4) is 0 Å². The second-order valence-corrected chi connectivity index (χ2v) is 2.05. The van der Waals surface area contributed by atoms with Gasteiger partial charge in [0.05, 0.1) is 0 Å². The molecule has 2 radical (unpaired) electrons. The van der Waals surface area contributed by atoms with Crippen molar-refractivity contribution in [1.82, 2.24) is 5.09 Å². The van der Waals surface area contributed by atoms with E-state index in [1.54, 1.807) is 6.08 Å². The number of hydrogen-bond donors (Lipinski definition) is 2. The molecular formula is C5H9BNO2P. The monoisotopic (exact) mass is 157 g/mol. The molecule has 0 bridgehead atoms. The Morgan fingerprint density at radius 1 is 1.90 bits per heavy atom. The summed E-state index contributed by atoms with van der Waals surface area (Å²) in [6.45, 7) is 0. The molecule has 0 saturated carbocycles. The molecule has 0 spiro atoms. The minimum atomic E-state index is -0.881. The first-order valence-corrected chi connectivity index (χ1v) is 3.35. The first-order valence-electron chi connectivity index (χ1n) is 2.78. The fourth-order valence-corrected chi connectivity index (χ4v) is 0.733. The third-order valence-corrected chi connectivity index (χ3v) is 1.41. The number of hydrogen-bond acceptors (Lipinski definition) is 2. The van der Waals surface area contributed by atoms with E-state index in [9.17, 15) is 4.79 Å². The number of aliphatic carboxylic acids is 1. The van der Waals surface area contributed by atoms with Gasteiger partial charge in [0.1, 0.15) is 13.9 Å². The van der Waals surface area contributed by atoms with Gasteiger partial charge in [0.15, 0.2) is 0 Å². The van der Waals surface area contributed by atoms with E-state index in [1.165, 1.54) is 5.98 Å². The molecule has 2 atom stereocenters. The van der Waals surface area contributed by atoms with Crippen LogP contribution in [0.4, 0.5) is 0 Å². The van der Waals surface area contributed by atoms with E-state index < -0.39 is 12.0 Å². The van der Waals surface area contributed by atoms with Crippen LogP contribution in [-0.2, 0) is 4.79 Å². The Morgan fingerprint density at radius 3 is 2.80 bits per heavy atom. The zero-order chi connectivity index (χ0) is 7.98. The predicted molar refractivity (Wildman–Crippen MR) is 43.8 cm³/mol. The molecule has 0 aromatic heterocycles. The molecular weight excluding hydrogens is 148 g/mol. The van der Waals surface area contributed by atoms with Crippen molar-refractivity contribution in [3.05, 3.63) is 12.1 Å². The molecule has 0 rings (SSSR count). The van der Waals surface area contributed by atoms with Crippen LogP contribution in [0.1, 0.15) is 6.42 Å². The van der Waals surface area contributed by atoms with Crippen LogP contribution >= 0.6 is 9.39 Å². The second-order valence-electron chi connectivity index (χ2n) is 1.72. The van der Waals surface area contributed by atoms with Crippen LogP contribution in [0.25, 0.3) is 0 Å². The van der Waals surface area contributed by atoms with Crippen molar-refractivity contribution in [2.75, 3.05) is 0 Å². The lowest BCUT2D eigenvalue weighted by Gasteiger charge is -2.06. The molecule has 0 saturated heterocycles. The van der Waals surface area contributed by atoms with Crippen LogP contribution in [0.3, 0.4) is 0 Å². The molecule has 0 fully saturated rings. The highest BCUT2D eigenvalue weighted by atomic mass is 31.0. The number of rotatable bonds is 4. The van der Waals surface area contributed by atoms with Crippen molar-refractivity contribution in [2.24, 2.45) is 0 Å². The molecule has 0 aliphatic carbocycles. The second kappa shape index (κ2) is 5.45. The lowest BCUT2D eigenvalue weighted by atomic mass is 10.1. The Hall–Kier alpha value is -0.335. The van der Waals surface area contributed by atoms with Crippen LogP contribution in [0.2, 0.25) is 0 Å². The Labute approximate surface area is 63.6 Å². The first-order chi connectivity index (χ1) is 4.72. The highest BCUT2D eigenvalue weighted by Gasteiger charge is 2.11. The van der Waals surface area contributed by atoms with Gasteiger partial charge in [-0.1, -0.05) is 15.5 Å². The maximum Gasteiger partial charge on any atom is 0.321 e. The predicted octanol–water partition coefficient (Wildman–Crippen LogP) is -0.108. The highest BCUT2D eigenvalue weighted by molar-refractivity contribution is 7.13. The minimum Gasteiger partial charge on any atom is -0.480 e. The zero-order valence-corrected chi connectivity index (χ0v) is 6.60. The lowest BCUT2D eigenvalue weighted by molar-refractivity contribution is -0.138. The zero-order valence-electron chi connectivity index (χ0n) is 5.45. The fourth-order valence-electron chi connectivity index (χ4n) is 0.455. The number of carboxylic acids is 1. The van der Waals surface area contributed by atoms with Crippen molar-refractivity contribution >= 4 is 23.2 Å². The van der Waals surface area contributed by atoms with Gasteiger partial charge in [-0.05, 0) is 6.42 Å². The highest BCUT2D eigenvalue weighted by Crippen LogP contribution is 1.95. The van der Waals surface area contributed by atoms with Crippen LogP contribution in [-0.4, -0.2) is 25.0 Å². The Kier molecular flexibility index (Phi) is 5.27. The average molecular weight is 157 g/mol. The quantitative estimate of drug-likeness (QED) is 0.442. The summed E-state index contributed by atoms with van der Waals surface area (Å²) in [4.78, 5) is 10.3. The molecule has 0 heterocycles. The van der Waals surface area contributed by atoms with E-state index in [0.29, 0.717) is 6.42 Å². The van der Waals surface area contributed by atoms with Gasteiger partial charge in [-0.25, -0.2) is 0 Å². The molecule has 54 valence electrons. The van der Waals surface area contributed by atoms with E-state index in [2.05, 4.69) is 14.5 Å². The number of carbonyl (C=O) groups is 1. The molecule has 0 aromatic rings. The van der Waals surface area contributed by atoms with Crippen LogP contribution in [0.15, 0.2) is 12.1 Å².